The van der Waals surface area contributed by atoms with Crippen LogP contribution in [0.3, 0.4) is 0 Å². The minimum absolute atomic E-state index is 0.481. The minimum atomic E-state index is 0.481. The Morgan fingerprint density at radius 1 is 1.53 bits per heavy atom. The number of hydrogen-bond acceptors (Lipinski definition) is 4. The number of nitrogens with zero attached hydrogens (tertiary/aromatic N) is 4. The molecule has 1 aromatic rings. The van der Waals surface area contributed by atoms with E-state index in [1.165, 1.54) is 12.8 Å². The first-order chi connectivity index (χ1) is 8.24. The number of rotatable bonds is 5. The van der Waals surface area contributed by atoms with Crippen LogP contribution in [0.2, 0.25) is 5.15 Å². The zero-order chi connectivity index (χ0) is 12.3. The zero-order valence-corrected chi connectivity index (χ0v) is 10.6. The van der Waals surface area contributed by atoms with Gasteiger partial charge in [-0.1, -0.05) is 18.5 Å². The maximum Gasteiger partial charge on any atom is 0.134 e. The molecule has 5 heteroatoms. The van der Waals surface area contributed by atoms with Crippen molar-refractivity contribution < 1.29 is 0 Å². The fourth-order valence-corrected chi connectivity index (χ4v) is 1.99. The smallest absolute Gasteiger partial charge is 0.134 e. The van der Waals surface area contributed by atoms with Crippen LogP contribution in [0.4, 0.5) is 5.82 Å². The molecule has 0 N–H and O–H groups in total. The van der Waals surface area contributed by atoms with E-state index in [1.54, 1.807) is 6.07 Å². The maximum atomic E-state index is 8.68. The summed E-state index contributed by atoms with van der Waals surface area (Å²) in [7, 11) is 0. The summed E-state index contributed by atoms with van der Waals surface area (Å²) < 4.78 is 0. The highest BCUT2D eigenvalue weighted by Gasteiger charge is 2.30. The second-order valence-corrected chi connectivity index (χ2v) is 4.54. The van der Waals surface area contributed by atoms with E-state index in [9.17, 15) is 0 Å². The summed E-state index contributed by atoms with van der Waals surface area (Å²) in [6, 6.07) is 4.49. The molecule has 0 amide bonds. The van der Waals surface area contributed by atoms with Crippen molar-refractivity contribution in [3.63, 3.8) is 0 Å². The van der Waals surface area contributed by atoms with Gasteiger partial charge in [0.25, 0.3) is 0 Å². The molecule has 17 heavy (non-hydrogen) atoms. The Hall–Kier alpha value is -1.34. The molecule has 90 valence electrons. The van der Waals surface area contributed by atoms with E-state index < -0.39 is 0 Å². The van der Waals surface area contributed by atoms with Crippen LogP contribution in [-0.2, 0) is 6.42 Å². The molecule has 1 aliphatic carbocycles. The molecule has 0 bridgehead atoms. The molecule has 0 unspecified atom stereocenters. The van der Waals surface area contributed by atoms with Crippen molar-refractivity contribution >= 4 is 17.4 Å². The van der Waals surface area contributed by atoms with Crippen LogP contribution in [0.25, 0.3) is 0 Å². The molecule has 0 spiro atoms. The lowest BCUT2D eigenvalue weighted by Crippen LogP contribution is -2.28. The first kappa shape index (κ1) is 12.1. The van der Waals surface area contributed by atoms with Crippen LogP contribution in [0.15, 0.2) is 6.07 Å². The van der Waals surface area contributed by atoms with E-state index in [0.717, 1.165) is 24.6 Å². The standard InChI is InChI=1S/C12H15ClN4/c1-2-11-15-10(13)8-12(16-11)17(7-3-6-14)9-4-5-9/h8-9H,2-5,7H2,1H3. The molecule has 1 aromatic heterocycles. The van der Waals surface area contributed by atoms with Gasteiger partial charge in [0, 0.05) is 25.1 Å². The zero-order valence-electron chi connectivity index (χ0n) is 9.86. The summed E-state index contributed by atoms with van der Waals surface area (Å²) in [6.07, 6.45) is 3.63. The van der Waals surface area contributed by atoms with E-state index in [0.29, 0.717) is 17.6 Å². The highest BCUT2D eigenvalue weighted by Crippen LogP contribution is 2.31. The number of halogens is 1. The number of aromatic nitrogens is 2. The molecule has 1 aliphatic rings. The topological polar surface area (TPSA) is 52.8 Å². The van der Waals surface area contributed by atoms with Crippen molar-refractivity contribution in [3.8, 4) is 6.07 Å². The number of anilines is 1. The van der Waals surface area contributed by atoms with Gasteiger partial charge < -0.3 is 4.90 Å². The molecule has 1 fully saturated rings. The summed E-state index contributed by atoms with van der Waals surface area (Å²) in [5, 5.41) is 9.17. The van der Waals surface area contributed by atoms with Gasteiger partial charge in [-0.2, -0.15) is 5.26 Å². The van der Waals surface area contributed by atoms with Crippen molar-refractivity contribution in [2.75, 3.05) is 11.4 Å². The predicted octanol–water partition coefficient (Wildman–Crippen LogP) is 2.57. The van der Waals surface area contributed by atoms with Crippen molar-refractivity contribution in [3.05, 3.63) is 17.0 Å². The van der Waals surface area contributed by atoms with Gasteiger partial charge in [-0.15, -0.1) is 0 Å². The molecule has 2 rings (SSSR count). The molecule has 0 aliphatic heterocycles. The molecule has 0 saturated heterocycles. The summed E-state index contributed by atoms with van der Waals surface area (Å²) in [5.74, 6) is 1.62. The van der Waals surface area contributed by atoms with Gasteiger partial charge >= 0.3 is 0 Å². The van der Waals surface area contributed by atoms with Gasteiger partial charge in [0.05, 0.1) is 12.5 Å². The Morgan fingerprint density at radius 2 is 2.29 bits per heavy atom. The number of aryl methyl sites for hydroxylation is 1. The van der Waals surface area contributed by atoms with Crippen molar-refractivity contribution in [2.24, 2.45) is 0 Å². The third-order valence-electron chi connectivity index (χ3n) is 2.79. The lowest BCUT2D eigenvalue weighted by Gasteiger charge is -2.22. The molecule has 4 nitrogen and oxygen atoms in total. The molecule has 0 radical (unpaired) electrons. The Labute approximate surface area is 106 Å². The highest BCUT2D eigenvalue weighted by molar-refractivity contribution is 6.29. The van der Waals surface area contributed by atoms with Gasteiger partial charge in [-0.05, 0) is 12.8 Å². The van der Waals surface area contributed by atoms with Gasteiger partial charge in [-0.25, -0.2) is 9.97 Å². The quantitative estimate of drug-likeness (QED) is 0.754. The third-order valence-corrected chi connectivity index (χ3v) is 2.98. The summed E-state index contributed by atoms with van der Waals surface area (Å²) in [4.78, 5) is 10.8. The Balaban J connectivity index is 2.22. The van der Waals surface area contributed by atoms with Gasteiger partial charge in [-0.3, -0.25) is 0 Å². The number of nitriles is 1. The van der Waals surface area contributed by atoms with Crippen molar-refractivity contribution in [2.45, 2.75) is 38.6 Å². The predicted molar refractivity (Wildman–Crippen MR) is 67.0 cm³/mol. The van der Waals surface area contributed by atoms with Crippen LogP contribution in [0.1, 0.15) is 32.0 Å². The van der Waals surface area contributed by atoms with Gasteiger partial charge in [0.2, 0.25) is 0 Å². The fourth-order valence-electron chi connectivity index (χ4n) is 1.80. The first-order valence-corrected chi connectivity index (χ1v) is 6.29. The monoisotopic (exact) mass is 250 g/mol. The van der Waals surface area contributed by atoms with Crippen LogP contribution in [0.5, 0.6) is 0 Å². The average molecular weight is 251 g/mol. The lowest BCUT2D eigenvalue weighted by atomic mass is 10.3. The number of hydrogen-bond donors (Lipinski definition) is 0. The van der Waals surface area contributed by atoms with Crippen LogP contribution >= 0.6 is 11.6 Å². The van der Waals surface area contributed by atoms with Crippen molar-refractivity contribution in [1.82, 2.24) is 9.97 Å². The first-order valence-electron chi connectivity index (χ1n) is 5.91. The second-order valence-electron chi connectivity index (χ2n) is 4.15. The van der Waals surface area contributed by atoms with E-state index in [-0.39, 0.29) is 0 Å². The lowest BCUT2D eigenvalue weighted by molar-refractivity contribution is 0.766. The van der Waals surface area contributed by atoms with Crippen LogP contribution in [0, 0.1) is 11.3 Å². The summed E-state index contributed by atoms with van der Waals surface area (Å²) >= 11 is 5.99. The Bertz CT molecular complexity index is 437. The molecule has 0 atom stereocenters. The molecular formula is C12H15ClN4. The third kappa shape index (κ3) is 3.07. The molecular weight excluding hydrogens is 236 g/mol. The van der Waals surface area contributed by atoms with E-state index in [4.69, 9.17) is 16.9 Å². The van der Waals surface area contributed by atoms with E-state index >= 15 is 0 Å². The maximum absolute atomic E-state index is 8.68. The van der Waals surface area contributed by atoms with E-state index in [2.05, 4.69) is 20.9 Å². The van der Waals surface area contributed by atoms with Gasteiger partial charge in [0.15, 0.2) is 0 Å². The average Bonchev–Trinajstić information content (AvgIpc) is 3.13. The molecule has 1 heterocycles. The van der Waals surface area contributed by atoms with Crippen LogP contribution < -0.4 is 4.90 Å². The van der Waals surface area contributed by atoms with Crippen LogP contribution in [-0.4, -0.2) is 22.6 Å². The van der Waals surface area contributed by atoms with Gasteiger partial charge in [0.1, 0.15) is 16.8 Å². The Kier molecular flexibility index (Phi) is 3.80. The second kappa shape index (κ2) is 5.33. The van der Waals surface area contributed by atoms with Crippen molar-refractivity contribution in [1.29, 1.82) is 5.26 Å². The normalized spacial score (nSPS) is 14.4. The molecule has 0 aromatic carbocycles. The summed E-state index contributed by atoms with van der Waals surface area (Å²) in [6.45, 7) is 2.73. The highest BCUT2D eigenvalue weighted by atomic mass is 35.5. The SMILES string of the molecule is CCc1nc(Cl)cc(N(CCC#N)C2CC2)n1. The summed E-state index contributed by atoms with van der Waals surface area (Å²) in [5.41, 5.74) is 0. The minimum Gasteiger partial charge on any atom is -0.352 e. The molecule has 1 saturated carbocycles. The largest absolute Gasteiger partial charge is 0.352 e. The Morgan fingerprint density at radius 3 is 2.88 bits per heavy atom. The fraction of sp³-hybridized carbons (Fsp3) is 0.583. The van der Waals surface area contributed by atoms with E-state index in [1.807, 2.05) is 6.92 Å².